The smallest absolute Gasteiger partial charge is 0.251 e. The lowest BCUT2D eigenvalue weighted by Gasteiger charge is -2.10. The fraction of sp³-hybridized carbons (Fsp3) is 0.100. The molecule has 3 aromatic rings. The predicted molar refractivity (Wildman–Crippen MR) is 108 cm³/mol. The summed E-state index contributed by atoms with van der Waals surface area (Å²) in [5.74, 6) is 0.297. The van der Waals surface area contributed by atoms with Gasteiger partial charge in [0, 0.05) is 21.4 Å². The van der Waals surface area contributed by atoms with E-state index < -0.39 is 0 Å². The molecule has 7 heteroatoms. The number of rotatable bonds is 7. The zero-order chi connectivity index (χ0) is 19.1. The molecule has 2 amide bonds. The second-order valence-corrected chi connectivity index (χ2v) is 6.58. The van der Waals surface area contributed by atoms with Crippen molar-refractivity contribution in [1.29, 1.82) is 0 Å². The molecule has 3 rings (SSSR count). The minimum atomic E-state index is -0.208. The Hall–Kier alpha value is -3.06. The third-order valence-electron chi connectivity index (χ3n) is 3.75. The molecular formula is C20H18BrN3O3. The molecule has 0 aliphatic carbocycles. The summed E-state index contributed by atoms with van der Waals surface area (Å²) in [6, 6.07) is 17.8. The second kappa shape index (κ2) is 9.05. The lowest BCUT2D eigenvalue weighted by molar-refractivity contribution is -0.114. The van der Waals surface area contributed by atoms with Gasteiger partial charge < -0.3 is 20.4 Å². The number of amides is 2. The van der Waals surface area contributed by atoms with Crippen molar-refractivity contribution in [3.05, 3.63) is 82.7 Å². The van der Waals surface area contributed by atoms with E-state index >= 15 is 0 Å². The Kier molecular flexibility index (Phi) is 6.27. The number of anilines is 2. The SMILES string of the molecule is O=C(CNc1ccccc1Br)Nc1ccc(C(=O)NCc2ccco2)cc1. The molecule has 27 heavy (non-hydrogen) atoms. The van der Waals surface area contributed by atoms with Gasteiger partial charge >= 0.3 is 0 Å². The van der Waals surface area contributed by atoms with Crippen molar-refractivity contribution >= 4 is 39.1 Å². The first-order chi connectivity index (χ1) is 13.1. The molecular weight excluding hydrogens is 410 g/mol. The van der Waals surface area contributed by atoms with E-state index in [0.717, 1.165) is 10.2 Å². The zero-order valence-corrected chi connectivity index (χ0v) is 16.0. The molecule has 0 bridgehead atoms. The predicted octanol–water partition coefficient (Wildman–Crippen LogP) is 4.02. The van der Waals surface area contributed by atoms with Crippen molar-refractivity contribution < 1.29 is 14.0 Å². The Balaban J connectivity index is 1.48. The summed E-state index contributed by atoms with van der Waals surface area (Å²) in [4.78, 5) is 24.2. The fourth-order valence-electron chi connectivity index (χ4n) is 2.37. The molecule has 0 atom stereocenters. The summed E-state index contributed by atoms with van der Waals surface area (Å²) >= 11 is 3.42. The van der Waals surface area contributed by atoms with Crippen molar-refractivity contribution in [3.63, 3.8) is 0 Å². The lowest BCUT2D eigenvalue weighted by Crippen LogP contribution is -2.23. The van der Waals surface area contributed by atoms with Crippen LogP contribution in [0.25, 0.3) is 0 Å². The van der Waals surface area contributed by atoms with E-state index in [9.17, 15) is 9.59 Å². The first kappa shape index (κ1) is 18.7. The van der Waals surface area contributed by atoms with E-state index in [1.54, 1.807) is 42.7 Å². The monoisotopic (exact) mass is 427 g/mol. The lowest BCUT2D eigenvalue weighted by atomic mass is 10.2. The molecule has 0 aliphatic heterocycles. The first-order valence-electron chi connectivity index (χ1n) is 8.31. The van der Waals surface area contributed by atoms with Crippen LogP contribution in [-0.4, -0.2) is 18.4 Å². The minimum Gasteiger partial charge on any atom is -0.467 e. The number of furan rings is 1. The highest BCUT2D eigenvalue weighted by molar-refractivity contribution is 9.10. The summed E-state index contributed by atoms with van der Waals surface area (Å²) in [5, 5.41) is 8.62. The summed E-state index contributed by atoms with van der Waals surface area (Å²) in [7, 11) is 0. The molecule has 0 saturated carbocycles. The highest BCUT2D eigenvalue weighted by Crippen LogP contribution is 2.20. The molecule has 1 aromatic heterocycles. The van der Waals surface area contributed by atoms with E-state index in [-0.39, 0.29) is 18.4 Å². The van der Waals surface area contributed by atoms with Gasteiger partial charge in [0.15, 0.2) is 0 Å². The Labute approximate surface area is 165 Å². The van der Waals surface area contributed by atoms with Gasteiger partial charge in [-0.05, 0) is 64.5 Å². The molecule has 0 radical (unpaired) electrons. The standard InChI is InChI=1S/C20H18BrN3O3/c21-17-5-1-2-6-18(17)22-13-19(25)24-15-9-7-14(8-10-15)20(26)23-12-16-4-3-11-27-16/h1-11,22H,12-13H2,(H,23,26)(H,24,25). The van der Waals surface area contributed by atoms with Crippen LogP contribution in [0.3, 0.4) is 0 Å². The van der Waals surface area contributed by atoms with Crippen LogP contribution in [0.4, 0.5) is 11.4 Å². The molecule has 2 aromatic carbocycles. The van der Waals surface area contributed by atoms with Crippen molar-refractivity contribution in [3.8, 4) is 0 Å². The molecule has 0 fully saturated rings. The van der Waals surface area contributed by atoms with Crippen molar-refractivity contribution in [2.45, 2.75) is 6.54 Å². The number of nitrogens with one attached hydrogen (secondary N) is 3. The van der Waals surface area contributed by atoms with Crippen molar-refractivity contribution in [2.75, 3.05) is 17.2 Å². The van der Waals surface area contributed by atoms with E-state index in [1.807, 2.05) is 24.3 Å². The maximum absolute atomic E-state index is 12.1. The second-order valence-electron chi connectivity index (χ2n) is 5.72. The molecule has 0 spiro atoms. The minimum absolute atomic E-state index is 0.133. The number of hydrogen-bond acceptors (Lipinski definition) is 4. The van der Waals surface area contributed by atoms with E-state index in [0.29, 0.717) is 23.6 Å². The number of hydrogen-bond donors (Lipinski definition) is 3. The third-order valence-corrected chi connectivity index (χ3v) is 4.44. The Morgan fingerprint density at radius 3 is 2.44 bits per heavy atom. The number of halogens is 1. The molecule has 6 nitrogen and oxygen atoms in total. The number of carbonyl (C=O) groups excluding carboxylic acids is 2. The highest BCUT2D eigenvalue weighted by atomic mass is 79.9. The van der Waals surface area contributed by atoms with Crippen LogP contribution < -0.4 is 16.0 Å². The Bertz CT molecular complexity index is 908. The van der Waals surface area contributed by atoms with Crippen LogP contribution in [0.5, 0.6) is 0 Å². The molecule has 0 unspecified atom stereocenters. The van der Waals surface area contributed by atoms with Crippen LogP contribution in [-0.2, 0) is 11.3 Å². The Morgan fingerprint density at radius 2 is 1.74 bits per heavy atom. The molecule has 3 N–H and O–H groups in total. The number of para-hydroxylation sites is 1. The average Bonchev–Trinajstić information content (AvgIpc) is 3.20. The van der Waals surface area contributed by atoms with Gasteiger partial charge in [0.1, 0.15) is 5.76 Å². The van der Waals surface area contributed by atoms with Crippen LogP contribution in [0.1, 0.15) is 16.1 Å². The first-order valence-corrected chi connectivity index (χ1v) is 9.10. The number of benzene rings is 2. The normalized spacial score (nSPS) is 10.3. The largest absolute Gasteiger partial charge is 0.467 e. The van der Waals surface area contributed by atoms with E-state index in [2.05, 4.69) is 31.9 Å². The maximum Gasteiger partial charge on any atom is 0.251 e. The van der Waals surface area contributed by atoms with Gasteiger partial charge in [-0.3, -0.25) is 9.59 Å². The highest BCUT2D eigenvalue weighted by Gasteiger charge is 2.08. The maximum atomic E-state index is 12.1. The van der Waals surface area contributed by atoms with Gasteiger partial charge in [-0.25, -0.2) is 0 Å². The fourth-order valence-corrected chi connectivity index (χ4v) is 2.80. The van der Waals surface area contributed by atoms with Crippen molar-refractivity contribution in [1.82, 2.24) is 5.32 Å². The van der Waals surface area contributed by atoms with E-state index in [1.165, 1.54) is 0 Å². The van der Waals surface area contributed by atoms with E-state index in [4.69, 9.17) is 4.42 Å². The third kappa shape index (κ3) is 5.46. The van der Waals surface area contributed by atoms with Gasteiger partial charge in [0.2, 0.25) is 5.91 Å². The molecule has 138 valence electrons. The average molecular weight is 428 g/mol. The van der Waals surface area contributed by atoms with Crippen LogP contribution in [0.15, 0.2) is 75.8 Å². The molecule has 1 heterocycles. The Morgan fingerprint density at radius 1 is 0.963 bits per heavy atom. The summed E-state index contributed by atoms with van der Waals surface area (Å²) in [5.41, 5.74) is 1.97. The van der Waals surface area contributed by atoms with Gasteiger partial charge in [-0.15, -0.1) is 0 Å². The molecule has 0 saturated heterocycles. The van der Waals surface area contributed by atoms with Gasteiger partial charge in [-0.2, -0.15) is 0 Å². The van der Waals surface area contributed by atoms with Crippen LogP contribution in [0.2, 0.25) is 0 Å². The topological polar surface area (TPSA) is 83.4 Å². The van der Waals surface area contributed by atoms with Gasteiger partial charge in [0.25, 0.3) is 5.91 Å². The van der Waals surface area contributed by atoms with Crippen molar-refractivity contribution in [2.24, 2.45) is 0 Å². The zero-order valence-electron chi connectivity index (χ0n) is 14.4. The quantitative estimate of drug-likeness (QED) is 0.531. The van der Waals surface area contributed by atoms with Gasteiger partial charge in [-0.1, -0.05) is 12.1 Å². The van der Waals surface area contributed by atoms with Crippen LogP contribution in [0, 0.1) is 0 Å². The summed E-state index contributed by atoms with van der Waals surface area (Å²) < 4.78 is 6.07. The molecule has 0 aliphatic rings. The summed E-state index contributed by atoms with van der Waals surface area (Å²) in [6.45, 7) is 0.457. The number of carbonyl (C=O) groups is 2. The summed E-state index contributed by atoms with van der Waals surface area (Å²) in [6.07, 6.45) is 1.56. The van der Waals surface area contributed by atoms with Crippen LogP contribution >= 0.6 is 15.9 Å². The van der Waals surface area contributed by atoms with Gasteiger partial charge in [0.05, 0.1) is 19.4 Å².